The van der Waals surface area contributed by atoms with Crippen molar-refractivity contribution in [3.8, 4) is 0 Å². The minimum Gasteiger partial charge on any atom is -0.331 e. The van der Waals surface area contributed by atoms with Gasteiger partial charge in [-0.15, -0.1) is 0 Å². The first kappa shape index (κ1) is 14.2. The van der Waals surface area contributed by atoms with Gasteiger partial charge in [0.1, 0.15) is 11.6 Å². The Balaban J connectivity index is 2.19. The highest BCUT2D eigenvalue weighted by Crippen LogP contribution is 2.28. The molecule has 0 spiro atoms. The van der Waals surface area contributed by atoms with Gasteiger partial charge in [0.2, 0.25) is 0 Å². The number of rotatable bonds is 2. The molecule has 0 amide bonds. The first-order valence-electron chi connectivity index (χ1n) is 6.32. The lowest BCUT2D eigenvalue weighted by Gasteiger charge is -2.15. The van der Waals surface area contributed by atoms with Crippen LogP contribution in [0.2, 0.25) is 5.02 Å². The third-order valence-electron chi connectivity index (χ3n) is 3.50. The Kier molecular flexibility index (Phi) is 3.55. The number of nitrogens with zero attached hydrogens (tertiary/aromatic N) is 1. The number of aromatic nitrogens is 2. The lowest BCUT2D eigenvalue weighted by molar-refractivity contribution is 0.615. The van der Waals surface area contributed by atoms with E-state index in [2.05, 4.69) is 4.98 Å². The first-order valence-corrected chi connectivity index (χ1v) is 7.10. The van der Waals surface area contributed by atoms with Crippen LogP contribution >= 0.6 is 23.8 Å². The molecule has 0 aliphatic carbocycles. The first-order chi connectivity index (χ1) is 9.97. The fraction of sp³-hybridized carbons (Fsp3) is 0.133. The quantitative estimate of drug-likeness (QED) is 0.639. The summed E-state index contributed by atoms with van der Waals surface area (Å²) in [6.07, 6.45) is 0. The van der Waals surface area contributed by atoms with E-state index in [1.54, 1.807) is 16.7 Å². The van der Waals surface area contributed by atoms with Gasteiger partial charge in [0.25, 0.3) is 0 Å². The summed E-state index contributed by atoms with van der Waals surface area (Å²) in [5, 5.41) is 0.0420. The molecule has 1 aromatic heterocycles. The van der Waals surface area contributed by atoms with Gasteiger partial charge in [0.15, 0.2) is 4.77 Å². The standard InChI is InChI=1S/C15H11ClF2N2S/c1-8(9-2-4-10(17)5-3-9)20-14-7-12(18)11(16)6-13(14)19-15(20)21/h2-8H,1H3,(H,19,21). The van der Waals surface area contributed by atoms with Crippen molar-refractivity contribution in [2.24, 2.45) is 0 Å². The molecule has 0 aliphatic heterocycles. The van der Waals surface area contributed by atoms with Crippen molar-refractivity contribution >= 4 is 34.9 Å². The SMILES string of the molecule is CC(c1ccc(F)cc1)n1c(=S)[nH]c2cc(Cl)c(F)cc21. The monoisotopic (exact) mass is 324 g/mol. The van der Waals surface area contributed by atoms with E-state index in [0.29, 0.717) is 15.8 Å². The number of H-pyrrole nitrogens is 1. The van der Waals surface area contributed by atoms with Crippen LogP contribution in [0.3, 0.4) is 0 Å². The average molecular weight is 325 g/mol. The van der Waals surface area contributed by atoms with E-state index in [1.807, 2.05) is 6.92 Å². The Morgan fingerprint density at radius 3 is 2.52 bits per heavy atom. The zero-order valence-electron chi connectivity index (χ0n) is 11.0. The molecule has 0 fully saturated rings. The molecule has 3 rings (SSSR count). The third kappa shape index (κ3) is 2.47. The molecule has 0 saturated heterocycles. The molecule has 0 saturated carbocycles. The van der Waals surface area contributed by atoms with E-state index >= 15 is 0 Å². The number of hydrogen-bond acceptors (Lipinski definition) is 1. The molecular weight excluding hydrogens is 314 g/mol. The van der Waals surface area contributed by atoms with E-state index in [4.69, 9.17) is 23.8 Å². The van der Waals surface area contributed by atoms with Crippen LogP contribution < -0.4 is 0 Å². The number of imidazole rings is 1. The second-order valence-corrected chi connectivity index (χ2v) is 5.61. The minimum atomic E-state index is -0.502. The molecule has 108 valence electrons. The second kappa shape index (κ2) is 5.24. The van der Waals surface area contributed by atoms with Gasteiger partial charge in [0, 0.05) is 6.07 Å². The zero-order chi connectivity index (χ0) is 15.1. The molecule has 21 heavy (non-hydrogen) atoms. The third-order valence-corrected chi connectivity index (χ3v) is 4.09. The topological polar surface area (TPSA) is 20.7 Å². The highest BCUT2D eigenvalue weighted by molar-refractivity contribution is 7.71. The highest BCUT2D eigenvalue weighted by atomic mass is 35.5. The fourth-order valence-corrected chi connectivity index (χ4v) is 2.93. The Hall–Kier alpha value is -1.72. The van der Waals surface area contributed by atoms with Crippen molar-refractivity contribution in [1.82, 2.24) is 9.55 Å². The van der Waals surface area contributed by atoms with Gasteiger partial charge in [0.05, 0.1) is 22.1 Å². The minimum absolute atomic E-state index is 0.0420. The number of fused-ring (bicyclic) bond motifs is 1. The maximum Gasteiger partial charge on any atom is 0.178 e. The summed E-state index contributed by atoms with van der Waals surface area (Å²) in [4.78, 5) is 3.01. The van der Waals surface area contributed by atoms with Crippen LogP contribution in [0.25, 0.3) is 11.0 Å². The van der Waals surface area contributed by atoms with E-state index in [0.717, 1.165) is 5.56 Å². The van der Waals surface area contributed by atoms with Gasteiger partial charge in [-0.2, -0.15) is 0 Å². The smallest absolute Gasteiger partial charge is 0.178 e. The lowest BCUT2D eigenvalue weighted by atomic mass is 10.1. The maximum absolute atomic E-state index is 13.7. The van der Waals surface area contributed by atoms with Gasteiger partial charge < -0.3 is 9.55 Å². The molecular formula is C15H11ClF2N2S. The van der Waals surface area contributed by atoms with Crippen molar-refractivity contribution < 1.29 is 8.78 Å². The van der Waals surface area contributed by atoms with E-state index in [-0.39, 0.29) is 16.9 Å². The van der Waals surface area contributed by atoms with Crippen LogP contribution in [0.4, 0.5) is 8.78 Å². The Morgan fingerprint density at radius 2 is 1.86 bits per heavy atom. The fourth-order valence-electron chi connectivity index (χ4n) is 2.40. The molecule has 0 aliphatic rings. The molecule has 1 unspecified atom stereocenters. The Bertz CT molecular complexity index is 868. The number of benzene rings is 2. The predicted molar refractivity (Wildman–Crippen MR) is 82.3 cm³/mol. The van der Waals surface area contributed by atoms with E-state index < -0.39 is 5.82 Å². The largest absolute Gasteiger partial charge is 0.331 e. The normalized spacial score (nSPS) is 12.8. The summed E-state index contributed by atoms with van der Waals surface area (Å²) in [7, 11) is 0. The Morgan fingerprint density at radius 1 is 1.19 bits per heavy atom. The van der Waals surface area contributed by atoms with Crippen LogP contribution in [-0.2, 0) is 0 Å². The van der Waals surface area contributed by atoms with Gasteiger partial charge in [-0.05, 0) is 42.9 Å². The van der Waals surface area contributed by atoms with Crippen molar-refractivity contribution in [3.63, 3.8) is 0 Å². The number of aromatic amines is 1. The molecule has 1 N–H and O–H groups in total. The molecule has 1 atom stereocenters. The molecule has 2 nitrogen and oxygen atoms in total. The van der Waals surface area contributed by atoms with Crippen molar-refractivity contribution in [1.29, 1.82) is 0 Å². The molecule has 0 radical (unpaired) electrons. The van der Waals surface area contributed by atoms with Crippen molar-refractivity contribution in [2.45, 2.75) is 13.0 Å². The van der Waals surface area contributed by atoms with Crippen molar-refractivity contribution in [3.05, 3.63) is 63.4 Å². The van der Waals surface area contributed by atoms with Gasteiger partial charge in [-0.3, -0.25) is 0 Å². The summed E-state index contributed by atoms with van der Waals surface area (Å²) in [6.45, 7) is 1.92. The zero-order valence-corrected chi connectivity index (χ0v) is 12.6. The molecule has 6 heteroatoms. The number of hydrogen-bond donors (Lipinski definition) is 1. The second-order valence-electron chi connectivity index (χ2n) is 4.81. The maximum atomic E-state index is 13.7. The predicted octanol–water partition coefficient (Wildman–Crippen LogP) is 5.24. The number of nitrogens with one attached hydrogen (secondary N) is 1. The summed E-state index contributed by atoms with van der Waals surface area (Å²) in [6, 6.07) is 8.86. The average Bonchev–Trinajstić information content (AvgIpc) is 2.75. The number of halogens is 3. The van der Waals surface area contributed by atoms with Crippen LogP contribution in [0.1, 0.15) is 18.5 Å². The van der Waals surface area contributed by atoms with E-state index in [1.165, 1.54) is 24.3 Å². The van der Waals surface area contributed by atoms with Gasteiger partial charge in [-0.25, -0.2) is 8.78 Å². The van der Waals surface area contributed by atoms with Crippen LogP contribution in [0.15, 0.2) is 36.4 Å². The molecule has 0 bridgehead atoms. The van der Waals surface area contributed by atoms with Gasteiger partial charge in [-0.1, -0.05) is 23.7 Å². The van der Waals surface area contributed by atoms with Gasteiger partial charge >= 0.3 is 0 Å². The molecule has 1 heterocycles. The van der Waals surface area contributed by atoms with Crippen LogP contribution in [0.5, 0.6) is 0 Å². The Labute approximate surface area is 130 Å². The summed E-state index contributed by atoms with van der Waals surface area (Å²) in [5.41, 5.74) is 2.17. The highest BCUT2D eigenvalue weighted by Gasteiger charge is 2.15. The van der Waals surface area contributed by atoms with Crippen molar-refractivity contribution in [2.75, 3.05) is 0 Å². The summed E-state index contributed by atoms with van der Waals surface area (Å²) >= 11 is 11.1. The summed E-state index contributed by atoms with van der Waals surface area (Å²) in [5.74, 6) is -0.801. The van der Waals surface area contributed by atoms with E-state index in [9.17, 15) is 8.78 Å². The molecule has 3 aromatic rings. The van der Waals surface area contributed by atoms with Crippen LogP contribution in [0, 0.1) is 16.4 Å². The molecule has 2 aromatic carbocycles. The summed E-state index contributed by atoms with van der Waals surface area (Å²) < 4.78 is 29.0. The lowest BCUT2D eigenvalue weighted by Crippen LogP contribution is -2.07. The van der Waals surface area contributed by atoms with Crippen LogP contribution in [-0.4, -0.2) is 9.55 Å².